The highest BCUT2D eigenvalue weighted by Gasteiger charge is 2.30. The molecule has 1 unspecified atom stereocenters. The SMILES string of the molecule is CNC(=O)c1sc(N2CCSC(C)C2)c(C(=O)OC)c1N. The Hall–Kier alpha value is -1.41. The fourth-order valence-corrected chi connectivity index (χ4v) is 4.44. The van der Waals surface area contributed by atoms with Gasteiger partial charge in [-0.3, -0.25) is 4.79 Å². The molecule has 116 valence electrons. The van der Waals surface area contributed by atoms with Gasteiger partial charge in [-0.25, -0.2) is 4.79 Å². The van der Waals surface area contributed by atoms with Crippen molar-refractivity contribution in [3.05, 3.63) is 10.4 Å². The number of anilines is 2. The molecular formula is C13H19N3O3S2. The van der Waals surface area contributed by atoms with Crippen LogP contribution < -0.4 is 16.0 Å². The van der Waals surface area contributed by atoms with Crippen molar-refractivity contribution in [1.82, 2.24) is 5.32 Å². The monoisotopic (exact) mass is 329 g/mol. The lowest BCUT2D eigenvalue weighted by molar-refractivity contribution is 0.0603. The Morgan fingerprint density at radius 1 is 1.48 bits per heavy atom. The summed E-state index contributed by atoms with van der Waals surface area (Å²) in [5.74, 6) is 0.197. The van der Waals surface area contributed by atoms with Gasteiger partial charge in [-0.05, 0) is 0 Å². The highest BCUT2D eigenvalue weighted by molar-refractivity contribution is 8.00. The quantitative estimate of drug-likeness (QED) is 0.816. The van der Waals surface area contributed by atoms with E-state index in [1.165, 1.54) is 18.4 Å². The summed E-state index contributed by atoms with van der Waals surface area (Å²) in [6, 6.07) is 0. The Morgan fingerprint density at radius 2 is 2.19 bits per heavy atom. The maximum atomic E-state index is 12.0. The second-order valence-electron chi connectivity index (χ2n) is 4.72. The molecule has 3 N–H and O–H groups in total. The number of nitrogens with zero attached hydrogens (tertiary/aromatic N) is 1. The summed E-state index contributed by atoms with van der Waals surface area (Å²) < 4.78 is 4.83. The van der Waals surface area contributed by atoms with Crippen LogP contribution in [0.25, 0.3) is 0 Å². The van der Waals surface area contributed by atoms with Gasteiger partial charge in [0.1, 0.15) is 15.4 Å². The highest BCUT2D eigenvalue weighted by Crippen LogP contribution is 2.40. The zero-order chi connectivity index (χ0) is 15.6. The predicted molar refractivity (Wildman–Crippen MR) is 87.6 cm³/mol. The number of esters is 1. The van der Waals surface area contributed by atoms with Gasteiger partial charge in [-0.15, -0.1) is 11.3 Å². The Morgan fingerprint density at radius 3 is 2.76 bits per heavy atom. The highest BCUT2D eigenvalue weighted by atomic mass is 32.2. The lowest BCUT2D eigenvalue weighted by atomic mass is 10.2. The van der Waals surface area contributed by atoms with E-state index < -0.39 is 5.97 Å². The van der Waals surface area contributed by atoms with E-state index in [2.05, 4.69) is 17.1 Å². The molecular weight excluding hydrogens is 310 g/mol. The van der Waals surface area contributed by atoms with Crippen molar-refractivity contribution in [1.29, 1.82) is 0 Å². The molecule has 0 aliphatic carbocycles. The molecule has 1 aromatic heterocycles. The van der Waals surface area contributed by atoms with Crippen LogP contribution in [0.4, 0.5) is 10.7 Å². The number of nitrogen functional groups attached to an aromatic ring is 1. The molecule has 1 aliphatic heterocycles. The van der Waals surface area contributed by atoms with Crippen molar-refractivity contribution in [3.63, 3.8) is 0 Å². The van der Waals surface area contributed by atoms with Crippen molar-refractivity contribution in [2.45, 2.75) is 12.2 Å². The molecule has 2 heterocycles. The van der Waals surface area contributed by atoms with Gasteiger partial charge in [-0.1, -0.05) is 6.92 Å². The van der Waals surface area contributed by atoms with Crippen LogP contribution in [-0.4, -0.2) is 50.1 Å². The molecule has 1 fully saturated rings. The number of thiophene rings is 1. The van der Waals surface area contributed by atoms with E-state index in [0.717, 1.165) is 23.8 Å². The Bertz CT molecular complexity index is 559. The van der Waals surface area contributed by atoms with Gasteiger partial charge in [-0.2, -0.15) is 11.8 Å². The first-order valence-corrected chi connectivity index (χ1v) is 8.45. The van der Waals surface area contributed by atoms with Crippen LogP contribution in [0, 0.1) is 0 Å². The molecule has 1 amide bonds. The number of rotatable bonds is 3. The zero-order valence-corrected chi connectivity index (χ0v) is 13.9. The third kappa shape index (κ3) is 3.11. The first-order chi connectivity index (χ1) is 9.99. The normalized spacial score (nSPS) is 18.4. The molecule has 21 heavy (non-hydrogen) atoms. The summed E-state index contributed by atoms with van der Waals surface area (Å²) in [6.07, 6.45) is 0. The van der Waals surface area contributed by atoms with Crippen LogP contribution >= 0.6 is 23.1 Å². The maximum Gasteiger partial charge on any atom is 0.343 e. The maximum absolute atomic E-state index is 12.0. The lowest BCUT2D eigenvalue weighted by Crippen LogP contribution is -2.36. The molecule has 2 rings (SSSR count). The summed E-state index contributed by atoms with van der Waals surface area (Å²) in [6.45, 7) is 3.79. The van der Waals surface area contributed by atoms with Crippen LogP contribution in [0.1, 0.15) is 27.0 Å². The van der Waals surface area contributed by atoms with E-state index in [9.17, 15) is 9.59 Å². The number of amides is 1. The summed E-state index contributed by atoms with van der Waals surface area (Å²) in [5, 5.41) is 3.74. The molecule has 8 heteroatoms. The van der Waals surface area contributed by atoms with Crippen LogP contribution in [0.3, 0.4) is 0 Å². The third-order valence-corrected chi connectivity index (χ3v) is 5.68. The second kappa shape index (κ2) is 6.57. The molecule has 1 atom stereocenters. The number of ether oxygens (including phenoxy) is 1. The molecule has 1 aliphatic rings. The largest absolute Gasteiger partial charge is 0.465 e. The smallest absolute Gasteiger partial charge is 0.343 e. The molecule has 0 aromatic carbocycles. The number of nitrogens with one attached hydrogen (secondary N) is 1. The number of hydrogen-bond donors (Lipinski definition) is 2. The Balaban J connectivity index is 2.47. The fourth-order valence-electron chi connectivity index (χ4n) is 2.24. The molecule has 6 nitrogen and oxygen atoms in total. The van der Waals surface area contributed by atoms with Gasteiger partial charge >= 0.3 is 5.97 Å². The fraction of sp³-hybridized carbons (Fsp3) is 0.538. The summed E-state index contributed by atoms with van der Waals surface area (Å²) >= 11 is 3.14. The van der Waals surface area contributed by atoms with E-state index in [4.69, 9.17) is 10.5 Å². The number of carbonyl (C=O) groups is 2. The van der Waals surface area contributed by atoms with Crippen molar-refractivity contribution in [2.24, 2.45) is 0 Å². The summed E-state index contributed by atoms with van der Waals surface area (Å²) in [4.78, 5) is 26.4. The van der Waals surface area contributed by atoms with Gasteiger partial charge in [0.25, 0.3) is 5.91 Å². The Kier molecular flexibility index (Phi) is 5.00. The Labute approximate surface area is 132 Å². The summed E-state index contributed by atoms with van der Waals surface area (Å²) in [7, 11) is 2.86. The number of nitrogens with two attached hydrogens (primary N) is 1. The topological polar surface area (TPSA) is 84.7 Å². The molecule has 0 saturated carbocycles. The molecule has 0 radical (unpaired) electrons. The first kappa shape index (κ1) is 16.0. The van der Waals surface area contributed by atoms with E-state index in [0.29, 0.717) is 15.7 Å². The van der Waals surface area contributed by atoms with Gasteiger partial charge in [0.05, 0.1) is 12.8 Å². The average molecular weight is 329 g/mol. The second-order valence-corrected chi connectivity index (χ2v) is 7.27. The first-order valence-electron chi connectivity index (χ1n) is 6.58. The molecule has 1 aromatic rings. The average Bonchev–Trinajstić information content (AvgIpc) is 2.83. The van der Waals surface area contributed by atoms with Gasteiger partial charge < -0.3 is 20.7 Å². The van der Waals surface area contributed by atoms with Crippen molar-refractivity contribution < 1.29 is 14.3 Å². The minimum absolute atomic E-state index is 0.201. The van der Waals surface area contributed by atoms with Gasteiger partial charge in [0.15, 0.2) is 0 Å². The molecule has 0 bridgehead atoms. The van der Waals surface area contributed by atoms with Crippen LogP contribution in [0.2, 0.25) is 0 Å². The van der Waals surface area contributed by atoms with E-state index in [1.54, 1.807) is 7.05 Å². The van der Waals surface area contributed by atoms with Gasteiger partial charge in [0, 0.05) is 31.1 Å². The van der Waals surface area contributed by atoms with Crippen LogP contribution in [0.15, 0.2) is 0 Å². The van der Waals surface area contributed by atoms with Crippen molar-refractivity contribution in [3.8, 4) is 0 Å². The van der Waals surface area contributed by atoms with Crippen molar-refractivity contribution in [2.75, 3.05) is 43.6 Å². The lowest BCUT2D eigenvalue weighted by Gasteiger charge is -2.31. The van der Waals surface area contributed by atoms with E-state index >= 15 is 0 Å². The van der Waals surface area contributed by atoms with E-state index in [-0.39, 0.29) is 11.6 Å². The number of methoxy groups -OCH3 is 1. The van der Waals surface area contributed by atoms with Gasteiger partial charge in [0.2, 0.25) is 0 Å². The zero-order valence-electron chi connectivity index (χ0n) is 12.3. The standard InChI is InChI=1S/C13H19N3O3S2/c1-7-6-16(4-5-20-7)12-8(13(18)19-3)9(14)10(21-12)11(17)15-2/h7H,4-6,14H2,1-3H3,(H,15,17). The minimum atomic E-state index is -0.500. The summed E-state index contributed by atoms with van der Waals surface area (Å²) in [5.41, 5.74) is 6.52. The molecule has 0 spiro atoms. The van der Waals surface area contributed by atoms with Crippen LogP contribution in [-0.2, 0) is 4.74 Å². The predicted octanol–water partition coefficient (Wildman–Crippen LogP) is 1.42. The van der Waals surface area contributed by atoms with E-state index in [1.807, 2.05) is 11.8 Å². The third-order valence-electron chi connectivity index (χ3n) is 3.28. The number of carbonyl (C=O) groups excluding carboxylic acids is 2. The van der Waals surface area contributed by atoms with Crippen molar-refractivity contribution >= 4 is 45.7 Å². The minimum Gasteiger partial charge on any atom is -0.465 e. The number of thioether (sulfide) groups is 1. The number of hydrogen-bond acceptors (Lipinski definition) is 7. The van der Waals surface area contributed by atoms with Crippen LogP contribution in [0.5, 0.6) is 0 Å². The molecule has 1 saturated heterocycles.